The molecular weight excluding hydrogens is 393 g/mol. The van der Waals surface area contributed by atoms with E-state index in [4.69, 9.17) is 14.6 Å². The van der Waals surface area contributed by atoms with Crippen molar-refractivity contribution in [1.29, 1.82) is 0 Å². The van der Waals surface area contributed by atoms with Crippen molar-refractivity contribution in [2.45, 2.75) is 50.0 Å². The van der Waals surface area contributed by atoms with E-state index in [0.717, 1.165) is 52.0 Å². The summed E-state index contributed by atoms with van der Waals surface area (Å²) >= 11 is 0. The Morgan fingerprint density at radius 2 is 1.76 bits per heavy atom. The van der Waals surface area contributed by atoms with Crippen LogP contribution in [0.4, 0.5) is 13.2 Å². The first-order chi connectivity index (χ1) is 13.7. The standard InChI is InChI=1S/C16H24N4O2.C2HF3O2/c1-18-11-12(10-17-18)16(21)20-7-3-14-15(20)2-6-19(14)13-4-8-22-9-5-13;3-2(4,5)1(6)7/h10-11,13-15H,2-9H2,1H3;(H,6,7)/t14-,15+;/m1./s1. The van der Waals surface area contributed by atoms with Crippen molar-refractivity contribution in [3.8, 4) is 0 Å². The summed E-state index contributed by atoms with van der Waals surface area (Å²) < 4.78 is 38.9. The third-order valence-corrected chi connectivity index (χ3v) is 5.73. The number of likely N-dealkylation sites (tertiary alicyclic amines) is 2. The third-order valence-electron chi connectivity index (χ3n) is 5.73. The lowest BCUT2D eigenvalue weighted by Crippen LogP contribution is -2.45. The topological polar surface area (TPSA) is 87.9 Å². The molecule has 2 atom stereocenters. The number of alkyl halides is 3. The van der Waals surface area contributed by atoms with E-state index in [1.807, 2.05) is 13.2 Å². The molecule has 3 aliphatic heterocycles. The number of aromatic nitrogens is 2. The van der Waals surface area contributed by atoms with Gasteiger partial charge in [-0.15, -0.1) is 0 Å². The first-order valence-corrected chi connectivity index (χ1v) is 9.61. The van der Waals surface area contributed by atoms with Crippen LogP contribution in [0.25, 0.3) is 0 Å². The minimum Gasteiger partial charge on any atom is -0.475 e. The second-order valence-corrected chi connectivity index (χ2v) is 7.50. The number of carbonyl (C=O) groups excluding carboxylic acids is 1. The molecule has 0 aliphatic carbocycles. The minimum atomic E-state index is -5.08. The van der Waals surface area contributed by atoms with E-state index in [1.54, 1.807) is 10.9 Å². The van der Waals surface area contributed by atoms with Crippen LogP contribution in [0.1, 0.15) is 36.0 Å². The number of amides is 1. The first-order valence-electron chi connectivity index (χ1n) is 9.61. The molecule has 4 heterocycles. The second kappa shape index (κ2) is 8.70. The molecule has 1 N–H and O–H groups in total. The molecule has 29 heavy (non-hydrogen) atoms. The molecule has 0 unspecified atom stereocenters. The minimum absolute atomic E-state index is 0.148. The van der Waals surface area contributed by atoms with E-state index in [-0.39, 0.29) is 5.91 Å². The van der Waals surface area contributed by atoms with Gasteiger partial charge in [-0.25, -0.2) is 4.79 Å². The van der Waals surface area contributed by atoms with Gasteiger partial charge in [-0.05, 0) is 25.7 Å². The van der Waals surface area contributed by atoms with Gasteiger partial charge in [0, 0.05) is 57.7 Å². The summed E-state index contributed by atoms with van der Waals surface area (Å²) in [4.78, 5) is 26.4. The number of fused-ring (bicyclic) bond motifs is 1. The lowest BCUT2D eigenvalue weighted by atomic mass is 10.0. The highest BCUT2D eigenvalue weighted by Crippen LogP contribution is 2.35. The lowest BCUT2D eigenvalue weighted by Gasteiger charge is -2.35. The molecule has 0 saturated carbocycles. The summed E-state index contributed by atoms with van der Waals surface area (Å²) in [7, 11) is 1.85. The van der Waals surface area contributed by atoms with Gasteiger partial charge in [0.05, 0.1) is 11.8 Å². The smallest absolute Gasteiger partial charge is 0.475 e. The predicted molar refractivity (Wildman–Crippen MR) is 95.3 cm³/mol. The molecule has 3 fully saturated rings. The summed E-state index contributed by atoms with van der Waals surface area (Å²) in [5.74, 6) is -2.61. The molecule has 1 aromatic rings. The van der Waals surface area contributed by atoms with Crippen molar-refractivity contribution in [2.24, 2.45) is 7.05 Å². The highest BCUT2D eigenvalue weighted by atomic mass is 19.4. The Morgan fingerprint density at radius 1 is 1.14 bits per heavy atom. The number of carbonyl (C=O) groups is 2. The zero-order valence-corrected chi connectivity index (χ0v) is 16.1. The van der Waals surface area contributed by atoms with Crippen LogP contribution >= 0.6 is 0 Å². The molecule has 1 aromatic heterocycles. The number of halogens is 3. The Bertz CT molecular complexity index is 733. The molecule has 0 radical (unpaired) electrons. The van der Waals surface area contributed by atoms with Crippen molar-refractivity contribution >= 4 is 11.9 Å². The van der Waals surface area contributed by atoms with Crippen LogP contribution in [0.5, 0.6) is 0 Å². The molecule has 0 aromatic carbocycles. The maximum atomic E-state index is 12.7. The largest absolute Gasteiger partial charge is 0.490 e. The fourth-order valence-electron chi connectivity index (χ4n) is 4.44. The van der Waals surface area contributed by atoms with Crippen LogP contribution in [0.2, 0.25) is 0 Å². The van der Waals surface area contributed by atoms with Crippen LogP contribution in [-0.2, 0) is 16.6 Å². The Hall–Kier alpha value is -2.14. The fourth-order valence-corrected chi connectivity index (χ4v) is 4.44. The molecule has 0 bridgehead atoms. The average Bonchev–Trinajstić information content (AvgIpc) is 3.37. The van der Waals surface area contributed by atoms with E-state index in [2.05, 4.69) is 14.9 Å². The van der Waals surface area contributed by atoms with Crippen molar-refractivity contribution in [3.63, 3.8) is 0 Å². The first kappa shape index (κ1) is 21.6. The average molecular weight is 418 g/mol. The van der Waals surface area contributed by atoms with E-state index >= 15 is 0 Å². The monoisotopic (exact) mass is 418 g/mol. The maximum Gasteiger partial charge on any atom is 0.490 e. The van der Waals surface area contributed by atoms with Crippen molar-refractivity contribution < 1.29 is 32.6 Å². The van der Waals surface area contributed by atoms with Crippen molar-refractivity contribution in [3.05, 3.63) is 18.0 Å². The summed E-state index contributed by atoms with van der Waals surface area (Å²) in [5.41, 5.74) is 0.715. The van der Waals surface area contributed by atoms with E-state index < -0.39 is 12.1 Å². The second-order valence-electron chi connectivity index (χ2n) is 7.50. The summed E-state index contributed by atoms with van der Waals surface area (Å²) in [5, 5.41) is 11.3. The highest BCUT2D eigenvalue weighted by molar-refractivity contribution is 5.94. The zero-order valence-electron chi connectivity index (χ0n) is 16.1. The SMILES string of the molecule is Cn1cc(C(=O)N2CC[C@@H]3[C@@H]2CCN3C2CCOCC2)cn1.O=C(O)C(F)(F)F. The van der Waals surface area contributed by atoms with Gasteiger partial charge in [-0.3, -0.25) is 14.4 Å². The van der Waals surface area contributed by atoms with E-state index in [1.165, 1.54) is 0 Å². The molecule has 4 rings (SSSR count). The van der Waals surface area contributed by atoms with Gasteiger partial charge in [-0.1, -0.05) is 0 Å². The number of hydrogen-bond donors (Lipinski definition) is 1. The maximum absolute atomic E-state index is 12.7. The number of aliphatic carboxylic acids is 1. The number of rotatable bonds is 2. The van der Waals surface area contributed by atoms with Crippen LogP contribution < -0.4 is 0 Å². The molecular formula is C18H25F3N4O4. The Labute approximate surface area is 166 Å². The summed E-state index contributed by atoms with van der Waals surface area (Å²) in [6.45, 7) is 3.77. The van der Waals surface area contributed by atoms with Gasteiger partial charge >= 0.3 is 12.1 Å². The predicted octanol–water partition coefficient (Wildman–Crippen LogP) is 1.52. The molecule has 1 amide bonds. The van der Waals surface area contributed by atoms with Gasteiger partial charge in [0.15, 0.2) is 0 Å². The molecule has 0 spiro atoms. The van der Waals surface area contributed by atoms with E-state index in [0.29, 0.717) is 23.7 Å². The van der Waals surface area contributed by atoms with Gasteiger partial charge in [0.2, 0.25) is 0 Å². The Balaban J connectivity index is 0.000000298. The quantitative estimate of drug-likeness (QED) is 0.784. The Kier molecular flexibility index (Phi) is 6.47. The van der Waals surface area contributed by atoms with Crippen LogP contribution in [-0.4, -0.2) is 87.2 Å². The summed E-state index contributed by atoms with van der Waals surface area (Å²) in [6.07, 6.45) is 2.91. The molecule has 3 aliphatic rings. The lowest BCUT2D eigenvalue weighted by molar-refractivity contribution is -0.192. The number of ether oxygens (including phenoxy) is 1. The van der Waals surface area contributed by atoms with E-state index in [9.17, 15) is 18.0 Å². The summed E-state index contributed by atoms with van der Waals surface area (Å²) in [6, 6.07) is 1.58. The molecule has 8 nitrogen and oxygen atoms in total. The van der Waals surface area contributed by atoms with Crippen LogP contribution in [0.3, 0.4) is 0 Å². The number of nitrogens with zero attached hydrogens (tertiary/aromatic N) is 4. The molecule has 3 saturated heterocycles. The van der Waals surface area contributed by atoms with Gasteiger partial charge in [0.1, 0.15) is 0 Å². The normalized spacial score (nSPS) is 25.4. The van der Waals surface area contributed by atoms with Gasteiger partial charge < -0.3 is 14.7 Å². The van der Waals surface area contributed by atoms with Gasteiger partial charge in [-0.2, -0.15) is 18.3 Å². The number of hydrogen-bond acceptors (Lipinski definition) is 5. The number of carboxylic acids is 1. The molecule has 11 heteroatoms. The van der Waals surface area contributed by atoms with Crippen molar-refractivity contribution in [2.75, 3.05) is 26.3 Å². The number of carboxylic acid groups (broad SMARTS) is 1. The fraction of sp³-hybridized carbons (Fsp3) is 0.722. The molecule has 162 valence electrons. The third kappa shape index (κ3) is 4.89. The van der Waals surface area contributed by atoms with Crippen LogP contribution in [0, 0.1) is 0 Å². The number of aryl methyl sites for hydroxylation is 1. The van der Waals surface area contributed by atoms with Crippen molar-refractivity contribution in [1.82, 2.24) is 19.6 Å². The highest BCUT2D eigenvalue weighted by Gasteiger charge is 2.46. The van der Waals surface area contributed by atoms with Crippen LogP contribution in [0.15, 0.2) is 12.4 Å². The zero-order chi connectivity index (χ0) is 21.2. The van der Waals surface area contributed by atoms with Gasteiger partial charge in [0.25, 0.3) is 5.91 Å². The Morgan fingerprint density at radius 3 is 2.31 bits per heavy atom.